The number of fused-ring (bicyclic) bond motifs is 1. The maximum absolute atomic E-state index is 12.5. The van der Waals surface area contributed by atoms with Crippen LogP contribution in [-0.2, 0) is 6.61 Å². The number of hydrogen-bond acceptors (Lipinski definition) is 4. The van der Waals surface area contributed by atoms with Crippen LogP contribution in [0, 0.1) is 5.92 Å². The van der Waals surface area contributed by atoms with E-state index in [2.05, 4.69) is 5.32 Å². The summed E-state index contributed by atoms with van der Waals surface area (Å²) in [7, 11) is 0. The van der Waals surface area contributed by atoms with Gasteiger partial charge in [0.25, 0.3) is 0 Å². The standard InChI is InChI=1S/C20H18N2O4/c21-20(24)22-17-15-9-8-14(25-11-12-4-2-1-3-5-12)10-16(15)26-19(17)18(23)13-6-7-13/h1-5,8-10,13H,6-7,11H2,(H3,21,22,24). The molecule has 0 atom stereocenters. The zero-order valence-electron chi connectivity index (χ0n) is 14.0. The molecule has 6 nitrogen and oxygen atoms in total. The first kappa shape index (κ1) is 16.2. The molecule has 0 saturated heterocycles. The second kappa shape index (κ2) is 6.55. The van der Waals surface area contributed by atoms with Crippen molar-refractivity contribution in [3.8, 4) is 5.75 Å². The third kappa shape index (κ3) is 3.26. The Bertz CT molecular complexity index is 974. The van der Waals surface area contributed by atoms with E-state index >= 15 is 0 Å². The maximum Gasteiger partial charge on any atom is 0.316 e. The number of rotatable bonds is 6. The summed E-state index contributed by atoms with van der Waals surface area (Å²) in [5.41, 5.74) is 7.11. The number of furan rings is 1. The van der Waals surface area contributed by atoms with Crippen LogP contribution in [0.15, 0.2) is 52.9 Å². The number of hydrogen-bond donors (Lipinski definition) is 2. The van der Waals surface area contributed by atoms with Crippen LogP contribution in [0.4, 0.5) is 10.5 Å². The van der Waals surface area contributed by atoms with E-state index < -0.39 is 6.03 Å². The molecular weight excluding hydrogens is 332 g/mol. The molecule has 26 heavy (non-hydrogen) atoms. The first-order chi connectivity index (χ1) is 12.6. The van der Waals surface area contributed by atoms with Crippen molar-refractivity contribution in [1.82, 2.24) is 0 Å². The Labute approximate surface area is 149 Å². The summed E-state index contributed by atoms with van der Waals surface area (Å²) in [5, 5.41) is 3.15. The number of benzene rings is 2. The minimum atomic E-state index is -0.734. The highest BCUT2D eigenvalue weighted by Crippen LogP contribution is 2.39. The Kier molecular flexibility index (Phi) is 4.08. The van der Waals surface area contributed by atoms with E-state index in [-0.39, 0.29) is 17.5 Å². The van der Waals surface area contributed by atoms with E-state index in [0.717, 1.165) is 18.4 Å². The van der Waals surface area contributed by atoms with Crippen molar-refractivity contribution in [2.75, 3.05) is 5.32 Å². The van der Waals surface area contributed by atoms with Crippen LogP contribution in [0.3, 0.4) is 0 Å². The number of carbonyl (C=O) groups excluding carboxylic acids is 2. The largest absolute Gasteiger partial charge is 0.489 e. The number of primary amides is 1. The molecule has 6 heteroatoms. The fraction of sp³-hybridized carbons (Fsp3) is 0.200. The van der Waals surface area contributed by atoms with Gasteiger partial charge < -0.3 is 20.2 Å². The highest BCUT2D eigenvalue weighted by Gasteiger charge is 2.35. The second-order valence-electron chi connectivity index (χ2n) is 6.37. The van der Waals surface area contributed by atoms with Gasteiger partial charge in [0.2, 0.25) is 5.78 Å². The molecule has 3 aromatic rings. The summed E-state index contributed by atoms with van der Waals surface area (Å²) < 4.78 is 11.5. The van der Waals surface area contributed by atoms with Crippen LogP contribution in [0.5, 0.6) is 5.75 Å². The summed E-state index contributed by atoms with van der Waals surface area (Å²) in [5.74, 6) is 0.641. The van der Waals surface area contributed by atoms with Gasteiger partial charge in [-0.1, -0.05) is 30.3 Å². The van der Waals surface area contributed by atoms with E-state index in [1.807, 2.05) is 30.3 Å². The van der Waals surface area contributed by atoms with Crippen LogP contribution in [0.1, 0.15) is 29.0 Å². The lowest BCUT2D eigenvalue weighted by Gasteiger charge is -2.06. The summed E-state index contributed by atoms with van der Waals surface area (Å²) in [4.78, 5) is 23.8. The van der Waals surface area contributed by atoms with E-state index in [1.54, 1.807) is 18.2 Å². The first-order valence-electron chi connectivity index (χ1n) is 8.46. The zero-order valence-corrected chi connectivity index (χ0v) is 14.0. The van der Waals surface area contributed by atoms with Crippen LogP contribution >= 0.6 is 0 Å². The molecule has 132 valence electrons. The Balaban J connectivity index is 1.64. The number of amides is 2. The van der Waals surface area contributed by atoms with E-state index in [0.29, 0.717) is 29.0 Å². The van der Waals surface area contributed by atoms with Crippen LogP contribution < -0.4 is 15.8 Å². The predicted octanol–water partition coefficient (Wildman–Crippen LogP) is 4.10. The molecule has 0 spiro atoms. The normalized spacial score (nSPS) is 13.5. The quantitative estimate of drug-likeness (QED) is 0.655. The van der Waals surface area contributed by atoms with Gasteiger partial charge in [0.1, 0.15) is 23.6 Å². The van der Waals surface area contributed by atoms with E-state index in [1.165, 1.54) is 0 Å². The summed E-state index contributed by atoms with van der Waals surface area (Å²) in [6.07, 6.45) is 1.69. The predicted molar refractivity (Wildman–Crippen MR) is 97.2 cm³/mol. The number of ether oxygens (including phenoxy) is 1. The average molecular weight is 350 g/mol. The van der Waals surface area contributed by atoms with Crippen LogP contribution in [0.25, 0.3) is 11.0 Å². The minimum Gasteiger partial charge on any atom is -0.489 e. The van der Waals surface area contributed by atoms with Crippen molar-refractivity contribution in [1.29, 1.82) is 0 Å². The molecule has 1 aliphatic rings. The third-order valence-electron chi connectivity index (χ3n) is 4.33. The van der Waals surface area contributed by atoms with Crippen molar-refractivity contribution < 1.29 is 18.7 Å². The van der Waals surface area contributed by atoms with Crippen molar-refractivity contribution in [3.63, 3.8) is 0 Å². The van der Waals surface area contributed by atoms with Crippen LogP contribution in [0.2, 0.25) is 0 Å². The first-order valence-corrected chi connectivity index (χ1v) is 8.46. The number of Topliss-reactive ketones (excluding diaryl/α,β-unsaturated/α-hetero) is 1. The van der Waals surface area contributed by atoms with E-state index in [4.69, 9.17) is 14.9 Å². The van der Waals surface area contributed by atoms with E-state index in [9.17, 15) is 9.59 Å². The molecule has 1 saturated carbocycles. The fourth-order valence-corrected chi connectivity index (χ4v) is 2.86. The molecule has 2 amide bonds. The Hall–Kier alpha value is -3.28. The van der Waals surface area contributed by atoms with Crippen LogP contribution in [-0.4, -0.2) is 11.8 Å². The van der Waals surface area contributed by atoms with Gasteiger partial charge in [0, 0.05) is 17.4 Å². The van der Waals surface area contributed by atoms with Gasteiger partial charge >= 0.3 is 6.03 Å². The molecule has 0 unspecified atom stereocenters. The number of urea groups is 1. The maximum atomic E-state index is 12.5. The summed E-state index contributed by atoms with van der Waals surface area (Å²) in [6.45, 7) is 0.424. The van der Waals surface area contributed by atoms with Gasteiger partial charge in [-0.25, -0.2) is 4.79 Å². The summed E-state index contributed by atoms with van der Waals surface area (Å²) >= 11 is 0. The van der Waals surface area contributed by atoms with Gasteiger partial charge in [0.15, 0.2) is 5.76 Å². The lowest BCUT2D eigenvalue weighted by Crippen LogP contribution is -2.20. The number of nitrogens with two attached hydrogens (primary N) is 1. The molecule has 0 radical (unpaired) electrons. The van der Waals surface area contributed by atoms with Crippen molar-refractivity contribution in [2.24, 2.45) is 11.7 Å². The Morgan fingerprint density at radius 1 is 1.15 bits per heavy atom. The smallest absolute Gasteiger partial charge is 0.316 e. The molecule has 0 bridgehead atoms. The molecule has 1 heterocycles. The fourth-order valence-electron chi connectivity index (χ4n) is 2.86. The lowest BCUT2D eigenvalue weighted by atomic mass is 10.1. The lowest BCUT2D eigenvalue weighted by molar-refractivity contribution is 0.0943. The molecular formula is C20H18N2O4. The van der Waals surface area contributed by atoms with Crippen molar-refractivity contribution >= 4 is 28.5 Å². The van der Waals surface area contributed by atoms with Gasteiger partial charge in [-0.2, -0.15) is 0 Å². The molecule has 2 aromatic carbocycles. The molecule has 0 aliphatic heterocycles. The highest BCUT2D eigenvalue weighted by atomic mass is 16.5. The third-order valence-corrected chi connectivity index (χ3v) is 4.33. The number of ketones is 1. The van der Waals surface area contributed by atoms with Gasteiger partial charge in [-0.3, -0.25) is 4.79 Å². The number of anilines is 1. The molecule has 1 aliphatic carbocycles. The number of carbonyl (C=O) groups is 2. The van der Waals surface area contributed by atoms with Gasteiger partial charge in [0.05, 0.1) is 0 Å². The minimum absolute atomic E-state index is 0.0298. The van der Waals surface area contributed by atoms with Gasteiger partial charge in [-0.05, 0) is 30.5 Å². The highest BCUT2D eigenvalue weighted by molar-refractivity contribution is 6.12. The van der Waals surface area contributed by atoms with Crippen molar-refractivity contribution in [2.45, 2.75) is 19.4 Å². The second-order valence-corrected chi connectivity index (χ2v) is 6.37. The molecule has 3 N–H and O–H groups in total. The van der Waals surface area contributed by atoms with Gasteiger partial charge in [-0.15, -0.1) is 0 Å². The topological polar surface area (TPSA) is 94.6 Å². The monoisotopic (exact) mass is 350 g/mol. The SMILES string of the molecule is NC(=O)Nc1c(C(=O)C2CC2)oc2cc(OCc3ccccc3)ccc12. The summed E-state index contributed by atoms with van der Waals surface area (Å²) in [6, 6.07) is 14.3. The molecule has 1 fully saturated rings. The Morgan fingerprint density at radius 3 is 2.62 bits per heavy atom. The number of nitrogens with one attached hydrogen (secondary N) is 1. The molecule has 4 rings (SSSR count). The molecule has 1 aromatic heterocycles. The average Bonchev–Trinajstić information content (AvgIpc) is 3.43. The zero-order chi connectivity index (χ0) is 18.1. The Morgan fingerprint density at radius 2 is 1.92 bits per heavy atom. The van der Waals surface area contributed by atoms with Crippen molar-refractivity contribution in [3.05, 3.63) is 59.9 Å².